The molecule has 0 unspecified atom stereocenters. The van der Waals surface area contributed by atoms with Crippen molar-refractivity contribution >= 4 is 33.5 Å². The molecule has 0 amide bonds. The topological polar surface area (TPSA) is 39.2 Å². The number of halogens is 1. The minimum atomic E-state index is -0.367. The van der Waals surface area contributed by atoms with Gasteiger partial charge in [-0.15, -0.1) is 0 Å². The van der Waals surface area contributed by atoms with E-state index in [-0.39, 0.29) is 5.97 Å². The number of rotatable bonds is 4. The van der Waals surface area contributed by atoms with Crippen molar-refractivity contribution in [3.63, 3.8) is 0 Å². The van der Waals surface area contributed by atoms with E-state index in [1.54, 1.807) is 25.3 Å². The van der Waals surface area contributed by atoms with Crippen molar-refractivity contribution in [2.45, 2.75) is 6.92 Å². The van der Waals surface area contributed by atoms with E-state index < -0.39 is 0 Å². The Labute approximate surface area is 126 Å². The summed E-state index contributed by atoms with van der Waals surface area (Å²) in [6.07, 6.45) is 3.44. The molecule has 1 aromatic carbocycles. The molecule has 2 rings (SSSR count). The molecular weight excluding hydrogens is 318 g/mol. The third-order valence-electron chi connectivity index (χ3n) is 2.62. The van der Waals surface area contributed by atoms with Gasteiger partial charge in [0.05, 0.1) is 17.9 Å². The number of hydrogen-bond donors (Lipinski definition) is 0. The van der Waals surface area contributed by atoms with Crippen molar-refractivity contribution in [1.82, 2.24) is 4.98 Å². The fourth-order valence-electron chi connectivity index (χ4n) is 1.69. The number of esters is 1. The molecule has 0 radical (unpaired) electrons. The number of benzene rings is 1. The maximum atomic E-state index is 12.1. The fraction of sp³-hybridized carbons (Fsp3) is 0.125. The molecule has 0 saturated heterocycles. The summed E-state index contributed by atoms with van der Waals surface area (Å²) in [5.41, 5.74) is 1.98. The molecular formula is C16H14BrNO2. The van der Waals surface area contributed by atoms with Crippen LogP contribution >= 0.6 is 15.9 Å². The molecule has 102 valence electrons. The fourth-order valence-corrected chi connectivity index (χ4v) is 1.96. The van der Waals surface area contributed by atoms with Crippen molar-refractivity contribution in [2.24, 2.45) is 0 Å². The van der Waals surface area contributed by atoms with Crippen LogP contribution in [-0.4, -0.2) is 17.6 Å². The van der Waals surface area contributed by atoms with Crippen LogP contribution in [0.25, 0.3) is 11.6 Å². The highest BCUT2D eigenvalue weighted by Crippen LogP contribution is 2.19. The normalized spacial score (nSPS) is 11.2. The number of carbonyl (C=O) groups is 1. The van der Waals surface area contributed by atoms with Crippen LogP contribution in [0.2, 0.25) is 0 Å². The standard InChI is InChI=1S/C16H14BrNO2/c1-2-20-16(19)14(15-5-3-4-10-18-15)11-12-6-8-13(17)9-7-12/h3-11H,2H2,1H3/b14-11+. The minimum absolute atomic E-state index is 0.337. The highest BCUT2D eigenvalue weighted by molar-refractivity contribution is 9.10. The van der Waals surface area contributed by atoms with Crippen LogP contribution in [-0.2, 0) is 9.53 Å². The van der Waals surface area contributed by atoms with E-state index in [0.29, 0.717) is 17.9 Å². The van der Waals surface area contributed by atoms with E-state index >= 15 is 0 Å². The summed E-state index contributed by atoms with van der Waals surface area (Å²) in [4.78, 5) is 16.3. The van der Waals surface area contributed by atoms with Crippen LogP contribution in [0, 0.1) is 0 Å². The Morgan fingerprint density at radius 1 is 1.25 bits per heavy atom. The molecule has 0 fully saturated rings. The van der Waals surface area contributed by atoms with E-state index in [9.17, 15) is 4.79 Å². The minimum Gasteiger partial charge on any atom is -0.462 e. The predicted molar refractivity (Wildman–Crippen MR) is 82.9 cm³/mol. The third-order valence-corrected chi connectivity index (χ3v) is 3.15. The molecule has 1 aromatic heterocycles. The summed E-state index contributed by atoms with van der Waals surface area (Å²) in [5.74, 6) is -0.367. The lowest BCUT2D eigenvalue weighted by atomic mass is 10.1. The van der Waals surface area contributed by atoms with Crippen molar-refractivity contribution in [3.8, 4) is 0 Å². The average molecular weight is 332 g/mol. The molecule has 0 atom stereocenters. The second-order valence-electron chi connectivity index (χ2n) is 4.05. The summed E-state index contributed by atoms with van der Waals surface area (Å²) in [6, 6.07) is 13.1. The molecule has 0 bridgehead atoms. The van der Waals surface area contributed by atoms with Gasteiger partial charge < -0.3 is 4.74 Å². The zero-order valence-corrected chi connectivity index (χ0v) is 12.6. The maximum absolute atomic E-state index is 12.1. The summed E-state index contributed by atoms with van der Waals surface area (Å²) in [7, 11) is 0. The Hall–Kier alpha value is -1.94. The third kappa shape index (κ3) is 3.78. The van der Waals surface area contributed by atoms with E-state index in [4.69, 9.17) is 4.74 Å². The number of ether oxygens (including phenoxy) is 1. The SMILES string of the molecule is CCOC(=O)/C(=C/c1ccc(Br)cc1)c1ccccn1. The molecule has 0 saturated carbocycles. The van der Waals surface area contributed by atoms with Crippen LogP contribution in [0.15, 0.2) is 53.1 Å². The highest BCUT2D eigenvalue weighted by atomic mass is 79.9. The first-order chi connectivity index (χ1) is 9.70. The lowest BCUT2D eigenvalue weighted by molar-refractivity contribution is -0.136. The Bertz CT molecular complexity index is 606. The van der Waals surface area contributed by atoms with Gasteiger partial charge in [-0.1, -0.05) is 34.1 Å². The van der Waals surface area contributed by atoms with Gasteiger partial charge in [-0.2, -0.15) is 0 Å². The van der Waals surface area contributed by atoms with Crippen molar-refractivity contribution in [2.75, 3.05) is 6.61 Å². The Balaban J connectivity index is 2.41. The van der Waals surface area contributed by atoms with E-state index in [1.165, 1.54) is 0 Å². The van der Waals surface area contributed by atoms with Gasteiger partial charge >= 0.3 is 5.97 Å². The monoisotopic (exact) mass is 331 g/mol. The smallest absolute Gasteiger partial charge is 0.340 e. The van der Waals surface area contributed by atoms with Crippen LogP contribution in [0.1, 0.15) is 18.2 Å². The quantitative estimate of drug-likeness (QED) is 0.629. The average Bonchev–Trinajstić information content (AvgIpc) is 2.48. The largest absolute Gasteiger partial charge is 0.462 e. The van der Waals surface area contributed by atoms with E-state index in [2.05, 4.69) is 20.9 Å². The second-order valence-corrected chi connectivity index (χ2v) is 4.96. The first-order valence-electron chi connectivity index (χ1n) is 6.26. The molecule has 0 spiro atoms. The molecule has 3 nitrogen and oxygen atoms in total. The Kier molecular flexibility index (Phi) is 5.07. The van der Waals surface area contributed by atoms with Crippen molar-refractivity contribution in [1.29, 1.82) is 0 Å². The first-order valence-corrected chi connectivity index (χ1v) is 7.06. The van der Waals surface area contributed by atoms with Gasteiger partial charge in [-0.05, 0) is 42.8 Å². The lowest BCUT2D eigenvalue weighted by Crippen LogP contribution is -2.07. The molecule has 0 N–H and O–H groups in total. The predicted octanol–water partition coefficient (Wildman–Crippen LogP) is 3.95. The maximum Gasteiger partial charge on any atom is 0.340 e. The summed E-state index contributed by atoms with van der Waals surface area (Å²) in [5, 5.41) is 0. The van der Waals surface area contributed by atoms with Crippen LogP contribution in [0.4, 0.5) is 0 Å². The van der Waals surface area contributed by atoms with Crippen molar-refractivity contribution in [3.05, 3.63) is 64.4 Å². The summed E-state index contributed by atoms with van der Waals surface area (Å²) < 4.78 is 6.09. The zero-order valence-electron chi connectivity index (χ0n) is 11.0. The first kappa shape index (κ1) is 14.5. The summed E-state index contributed by atoms with van der Waals surface area (Å²) in [6.45, 7) is 2.12. The number of carbonyl (C=O) groups excluding carboxylic acids is 1. The van der Waals surface area contributed by atoms with Gasteiger partial charge in [0.15, 0.2) is 0 Å². The Morgan fingerprint density at radius 3 is 2.60 bits per heavy atom. The molecule has 1 heterocycles. The highest BCUT2D eigenvalue weighted by Gasteiger charge is 2.14. The van der Waals surface area contributed by atoms with Crippen molar-refractivity contribution < 1.29 is 9.53 Å². The van der Waals surface area contributed by atoms with Crippen LogP contribution < -0.4 is 0 Å². The van der Waals surface area contributed by atoms with Gasteiger partial charge in [0.2, 0.25) is 0 Å². The molecule has 0 aliphatic rings. The van der Waals surface area contributed by atoms with Gasteiger partial charge in [-0.3, -0.25) is 4.98 Å². The van der Waals surface area contributed by atoms with Gasteiger partial charge in [0.25, 0.3) is 0 Å². The molecule has 0 aliphatic carbocycles. The number of nitrogens with zero attached hydrogens (tertiary/aromatic N) is 1. The molecule has 0 aliphatic heterocycles. The van der Waals surface area contributed by atoms with Crippen LogP contribution in [0.5, 0.6) is 0 Å². The van der Waals surface area contributed by atoms with Crippen LogP contribution in [0.3, 0.4) is 0 Å². The number of hydrogen-bond acceptors (Lipinski definition) is 3. The molecule has 2 aromatic rings. The van der Waals surface area contributed by atoms with E-state index in [0.717, 1.165) is 10.0 Å². The van der Waals surface area contributed by atoms with Gasteiger partial charge in [-0.25, -0.2) is 4.79 Å². The number of aromatic nitrogens is 1. The lowest BCUT2D eigenvalue weighted by Gasteiger charge is -2.06. The summed E-state index contributed by atoms with van der Waals surface area (Å²) >= 11 is 3.39. The molecule has 4 heteroatoms. The zero-order chi connectivity index (χ0) is 14.4. The van der Waals surface area contributed by atoms with E-state index in [1.807, 2.05) is 36.4 Å². The Morgan fingerprint density at radius 2 is 2.00 bits per heavy atom. The number of pyridine rings is 1. The second kappa shape index (κ2) is 7.01. The molecule has 20 heavy (non-hydrogen) atoms. The van der Waals surface area contributed by atoms with Gasteiger partial charge in [0.1, 0.15) is 0 Å². The van der Waals surface area contributed by atoms with Gasteiger partial charge in [0, 0.05) is 10.7 Å².